The fraction of sp³-hybridized carbons (Fsp3) is 0.562. The molecule has 2 rings (SSSR count). The maximum atomic E-state index is 10.9. The third kappa shape index (κ3) is 4.85. The number of benzene rings is 1. The molecule has 2 atom stereocenters. The van der Waals surface area contributed by atoms with Crippen LogP contribution in [0.4, 0.5) is 5.69 Å². The number of carbonyl (C=O) groups excluding carboxylic acids is 1. The molecular formula is C16H25N3O. The minimum Gasteiger partial charge on any atom is -0.383 e. The van der Waals surface area contributed by atoms with Crippen LogP contribution in [-0.2, 0) is 11.2 Å². The fourth-order valence-electron chi connectivity index (χ4n) is 2.82. The highest BCUT2D eigenvalue weighted by molar-refractivity contribution is 5.76. The molecule has 1 heterocycles. The zero-order chi connectivity index (χ0) is 14.4. The van der Waals surface area contributed by atoms with Gasteiger partial charge >= 0.3 is 0 Å². The summed E-state index contributed by atoms with van der Waals surface area (Å²) in [4.78, 5) is 10.9. The van der Waals surface area contributed by atoms with Crippen molar-refractivity contribution in [2.75, 3.05) is 11.9 Å². The van der Waals surface area contributed by atoms with Crippen LogP contribution in [0.1, 0.15) is 38.2 Å². The number of carbonyl (C=O) groups is 1. The van der Waals surface area contributed by atoms with Crippen molar-refractivity contribution in [3.63, 3.8) is 0 Å². The number of primary amides is 1. The van der Waals surface area contributed by atoms with E-state index in [0.717, 1.165) is 24.2 Å². The molecule has 20 heavy (non-hydrogen) atoms. The lowest BCUT2D eigenvalue weighted by molar-refractivity contribution is -0.117. The highest BCUT2D eigenvalue weighted by Crippen LogP contribution is 2.16. The van der Waals surface area contributed by atoms with Gasteiger partial charge in [0.05, 0.1) is 6.42 Å². The quantitative estimate of drug-likeness (QED) is 0.744. The van der Waals surface area contributed by atoms with Gasteiger partial charge in [-0.2, -0.15) is 0 Å². The Balaban J connectivity index is 1.81. The molecule has 1 aliphatic rings. The van der Waals surface area contributed by atoms with Gasteiger partial charge in [0.1, 0.15) is 0 Å². The van der Waals surface area contributed by atoms with Crippen molar-refractivity contribution >= 4 is 11.6 Å². The number of hydrogen-bond acceptors (Lipinski definition) is 3. The van der Waals surface area contributed by atoms with Crippen molar-refractivity contribution in [2.24, 2.45) is 5.73 Å². The van der Waals surface area contributed by atoms with Gasteiger partial charge in [-0.25, -0.2) is 0 Å². The third-order valence-electron chi connectivity index (χ3n) is 3.80. The monoisotopic (exact) mass is 275 g/mol. The lowest BCUT2D eigenvalue weighted by Crippen LogP contribution is -2.37. The molecule has 0 bridgehead atoms. The second-order valence-corrected chi connectivity index (χ2v) is 5.77. The summed E-state index contributed by atoms with van der Waals surface area (Å²) < 4.78 is 0. The number of piperidine rings is 1. The Kier molecular flexibility index (Phi) is 5.41. The summed E-state index contributed by atoms with van der Waals surface area (Å²) in [5.74, 6) is -0.289. The van der Waals surface area contributed by atoms with Gasteiger partial charge in [-0.05, 0) is 50.4 Å². The van der Waals surface area contributed by atoms with E-state index in [-0.39, 0.29) is 5.91 Å². The molecule has 1 aromatic carbocycles. The zero-order valence-electron chi connectivity index (χ0n) is 12.2. The summed E-state index contributed by atoms with van der Waals surface area (Å²) in [6.07, 6.45) is 5.38. The van der Waals surface area contributed by atoms with E-state index in [2.05, 4.69) is 17.6 Å². The summed E-state index contributed by atoms with van der Waals surface area (Å²) in [5.41, 5.74) is 7.25. The summed E-state index contributed by atoms with van der Waals surface area (Å²) >= 11 is 0. The molecule has 0 radical (unpaired) electrons. The summed E-state index contributed by atoms with van der Waals surface area (Å²) in [5, 5.41) is 7.09. The van der Waals surface area contributed by atoms with Crippen LogP contribution >= 0.6 is 0 Å². The molecule has 1 aromatic rings. The molecule has 0 spiro atoms. The van der Waals surface area contributed by atoms with E-state index >= 15 is 0 Å². The molecule has 2 unspecified atom stereocenters. The highest BCUT2D eigenvalue weighted by atomic mass is 16.1. The zero-order valence-corrected chi connectivity index (χ0v) is 12.2. The Bertz CT molecular complexity index is 424. The Labute approximate surface area is 121 Å². The van der Waals surface area contributed by atoms with E-state index in [1.807, 2.05) is 24.3 Å². The Hall–Kier alpha value is -1.55. The van der Waals surface area contributed by atoms with Crippen molar-refractivity contribution in [3.05, 3.63) is 29.8 Å². The molecule has 1 fully saturated rings. The maximum Gasteiger partial charge on any atom is 0.221 e. The average Bonchev–Trinajstić information content (AvgIpc) is 2.41. The lowest BCUT2D eigenvalue weighted by atomic mass is 9.98. The van der Waals surface area contributed by atoms with Crippen LogP contribution in [-0.4, -0.2) is 24.5 Å². The van der Waals surface area contributed by atoms with E-state index in [0.29, 0.717) is 18.5 Å². The number of anilines is 1. The Morgan fingerprint density at radius 1 is 1.40 bits per heavy atom. The molecule has 110 valence electrons. The molecule has 1 amide bonds. The molecule has 0 aliphatic carbocycles. The molecule has 4 heteroatoms. The standard InChI is InChI=1S/C16H25N3O/c1-12(10-15-4-2-3-9-18-15)19-14-7-5-13(6-8-14)11-16(17)20/h5-8,12,15,18-19H,2-4,9-11H2,1H3,(H2,17,20). The Morgan fingerprint density at radius 2 is 2.15 bits per heavy atom. The topological polar surface area (TPSA) is 67.2 Å². The van der Waals surface area contributed by atoms with E-state index in [1.54, 1.807) is 0 Å². The van der Waals surface area contributed by atoms with Crippen molar-refractivity contribution in [2.45, 2.75) is 51.1 Å². The predicted molar refractivity (Wildman–Crippen MR) is 82.7 cm³/mol. The molecule has 0 aromatic heterocycles. The van der Waals surface area contributed by atoms with Crippen LogP contribution in [0.5, 0.6) is 0 Å². The van der Waals surface area contributed by atoms with Gasteiger partial charge in [-0.3, -0.25) is 4.79 Å². The van der Waals surface area contributed by atoms with Crippen LogP contribution in [0.3, 0.4) is 0 Å². The van der Waals surface area contributed by atoms with Crippen LogP contribution < -0.4 is 16.4 Å². The third-order valence-corrected chi connectivity index (χ3v) is 3.80. The number of rotatable bonds is 6. The second kappa shape index (κ2) is 7.29. The summed E-state index contributed by atoms with van der Waals surface area (Å²) in [6.45, 7) is 3.37. The van der Waals surface area contributed by atoms with Gasteiger partial charge < -0.3 is 16.4 Å². The van der Waals surface area contributed by atoms with Crippen LogP contribution in [0.2, 0.25) is 0 Å². The van der Waals surface area contributed by atoms with Crippen LogP contribution in [0.25, 0.3) is 0 Å². The minimum absolute atomic E-state index is 0.289. The lowest BCUT2D eigenvalue weighted by Gasteiger charge is -2.27. The van der Waals surface area contributed by atoms with Crippen LogP contribution in [0.15, 0.2) is 24.3 Å². The van der Waals surface area contributed by atoms with Crippen LogP contribution in [0, 0.1) is 0 Å². The number of amides is 1. The Morgan fingerprint density at radius 3 is 2.75 bits per heavy atom. The fourth-order valence-corrected chi connectivity index (χ4v) is 2.82. The van der Waals surface area contributed by atoms with Gasteiger partial charge in [0.15, 0.2) is 0 Å². The molecule has 0 saturated carbocycles. The minimum atomic E-state index is -0.289. The van der Waals surface area contributed by atoms with Crippen molar-refractivity contribution in [1.82, 2.24) is 5.32 Å². The number of hydrogen-bond donors (Lipinski definition) is 3. The first kappa shape index (κ1) is 14.9. The van der Waals surface area contributed by atoms with Gasteiger partial charge in [0, 0.05) is 17.8 Å². The van der Waals surface area contributed by atoms with E-state index < -0.39 is 0 Å². The predicted octanol–water partition coefficient (Wildman–Crippen LogP) is 2.05. The SMILES string of the molecule is CC(CC1CCCCN1)Nc1ccc(CC(N)=O)cc1. The van der Waals surface area contributed by atoms with Gasteiger partial charge in [0.25, 0.3) is 0 Å². The first-order chi connectivity index (χ1) is 9.63. The highest BCUT2D eigenvalue weighted by Gasteiger charge is 2.15. The van der Waals surface area contributed by atoms with E-state index in [1.165, 1.54) is 19.3 Å². The van der Waals surface area contributed by atoms with Gasteiger partial charge in [-0.1, -0.05) is 18.6 Å². The first-order valence-corrected chi connectivity index (χ1v) is 7.50. The molecule has 1 aliphatic heterocycles. The van der Waals surface area contributed by atoms with Crippen molar-refractivity contribution < 1.29 is 4.79 Å². The normalized spacial score (nSPS) is 20.4. The second-order valence-electron chi connectivity index (χ2n) is 5.77. The molecule has 4 N–H and O–H groups in total. The van der Waals surface area contributed by atoms with E-state index in [4.69, 9.17) is 5.73 Å². The average molecular weight is 275 g/mol. The molecule has 1 saturated heterocycles. The van der Waals surface area contributed by atoms with Gasteiger partial charge in [0.2, 0.25) is 5.91 Å². The van der Waals surface area contributed by atoms with E-state index in [9.17, 15) is 4.79 Å². The first-order valence-electron chi connectivity index (χ1n) is 7.50. The summed E-state index contributed by atoms with van der Waals surface area (Å²) in [6, 6.07) is 9.02. The van der Waals surface area contributed by atoms with Gasteiger partial charge in [-0.15, -0.1) is 0 Å². The maximum absolute atomic E-state index is 10.9. The smallest absolute Gasteiger partial charge is 0.221 e. The summed E-state index contributed by atoms with van der Waals surface area (Å²) in [7, 11) is 0. The number of nitrogens with two attached hydrogens (primary N) is 1. The van der Waals surface area contributed by atoms with Crippen molar-refractivity contribution in [1.29, 1.82) is 0 Å². The molecule has 4 nitrogen and oxygen atoms in total. The van der Waals surface area contributed by atoms with Crippen molar-refractivity contribution in [3.8, 4) is 0 Å². The molecular weight excluding hydrogens is 250 g/mol. The largest absolute Gasteiger partial charge is 0.383 e. The number of nitrogens with one attached hydrogen (secondary N) is 2.